The number of aromatic nitrogens is 4. The highest BCUT2D eigenvalue weighted by atomic mass is 35.5. The van der Waals surface area contributed by atoms with Crippen LogP contribution in [0.1, 0.15) is 112 Å². The van der Waals surface area contributed by atoms with Crippen molar-refractivity contribution >= 4 is 41.0 Å². The monoisotopic (exact) mass is 638 g/mol. The molecule has 0 aromatic carbocycles. The Labute approximate surface area is 269 Å². The number of halogens is 1. The molecule has 2 fully saturated rings. The maximum Gasteiger partial charge on any atom is 0.254 e. The number of nitrogens with zero attached hydrogens (tertiary/aromatic N) is 4. The first kappa shape index (κ1) is 32.1. The van der Waals surface area contributed by atoms with Crippen LogP contribution < -0.4 is 27.4 Å². The second kappa shape index (κ2) is 16.7. The van der Waals surface area contributed by atoms with Gasteiger partial charge >= 0.3 is 0 Å². The van der Waals surface area contributed by atoms with Crippen LogP contribution in [0.5, 0.6) is 0 Å². The van der Waals surface area contributed by atoms with E-state index in [2.05, 4.69) is 35.9 Å². The van der Waals surface area contributed by atoms with Crippen molar-refractivity contribution in [2.24, 2.45) is 23.3 Å². The lowest BCUT2D eigenvalue weighted by molar-refractivity contribution is 0.0737. The molecule has 0 bridgehead atoms. The van der Waals surface area contributed by atoms with E-state index in [0.717, 1.165) is 25.7 Å². The zero-order chi connectivity index (χ0) is 35.7. The summed E-state index contributed by atoms with van der Waals surface area (Å²) in [6.45, 7) is 8.81. The van der Waals surface area contributed by atoms with E-state index in [1.54, 1.807) is 0 Å². The minimum Gasteiger partial charge on any atom is -0.393 e. The number of hydrogen-bond acceptors (Lipinski definition) is 11. The highest BCUT2D eigenvalue weighted by Gasteiger charge is 2.28. The number of hydrogen-bond donors (Lipinski definition) is 7. The molecule has 2 aromatic heterocycles. The van der Waals surface area contributed by atoms with Gasteiger partial charge in [-0.3, -0.25) is 9.59 Å². The molecule has 44 heavy (non-hydrogen) atoms. The molecule has 6 atom stereocenters. The van der Waals surface area contributed by atoms with Crippen molar-refractivity contribution < 1.29 is 23.9 Å². The van der Waals surface area contributed by atoms with E-state index >= 15 is 0 Å². The summed E-state index contributed by atoms with van der Waals surface area (Å²) in [5.74, 6) is -0.109. The Morgan fingerprint density at radius 2 is 1.34 bits per heavy atom. The predicted molar refractivity (Wildman–Crippen MR) is 174 cm³/mol. The van der Waals surface area contributed by atoms with Gasteiger partial charge in [0.2, 0.25) is 11.2 Å². The lowest BCUT2D eigenvalue weighted by atomic mass is 9.85. The molecule has 2 aliphatic rings. The number of aliphatic hydroxyl groups excluding tert-OH is 2. The van der Waals surface area contributed by atoms with Crippen LogP contribution >= 0.6 is 11.6 Å². The third kappa shape index (κ3) is 11.3. The number of primary amides is 2. The van der Waals surface area contributed by atoms with Crippen molar-refractivity contribution in [1.82, 2.24) is 19.9 Å². The topological polar surface area (TPSA) is 214 Å². The first-order valence-corrected chi connectivity index (χ1v) is 15.4. The fraction of sp³-hybridized carbons (Fsp3) is 0.667. The minimum atomic E-state index is -2.27. The molecule has 0 spiro atoms. The molecule has 0 saturated heterocycles. The molecule has 13 nitrogen and oxygen atoms in total. The summed E-state index contributed by atoms with van der Waals surface area (Å²) in [4.78, 5) is 39.0. The van der Waals surface area contributed by atoms with Crippen LogP contribution in [-0.2, 0) is 0 Å². The quantitative estimate of drug-likeness (QED) is 0.215. The van der Waals surface area contributed by atoms with Gasteiger partial charge < -0.3 is 37.6 Å². The average molecular weight is 639 g/mol. The first-order valence-electron chi connectivity index (χ1n) is 16.5. The van der Waals surface area contributed by atoms with Gasteiger partial charge in [0, 0.05) is 34.1 Å². The Balaban J connectivity index is 0.000000324. The van der Waals surface area contributed by atoms with Gasteiger partial charge in [-0.05, 0) is 82.7 Å². The van der Waals surface area contributed by atoms with Crippen molar-refractivity contribution in [1.29, 1.82) is 0 Å². The molecule has 14 heteroatoms. The van der Waals surface area contributed by atoms with Crippen molar-refractivity contribution in [3.63, 3.8) is 0 Å². The predicted octanol–water partition coefficient (Wildman–Crippen LogP) is 3.96. The largest absolute Gasteiger partial charge is 0.393 e. The highest BCUT2D eigenvalue weighted by Crippen LogP contribution is 2.28. The van der Waals surface area contributed by atoms with E-state index in [1.807, 2.05) is 27.7 Å². The van der Waals surface area contributed by atoms with Crippen LogP contribution in [-0.4, -0.2) is 71.8 Å². The molecule has 2 amide bonds. The molecular formula is C30H50ClN9O4. The minimum absolute atomic E-state index is 0.0512. The smallest absolute Gasteiger partial charge is 0.254 e. The van der Waals surface area contributed by atoms with Crippen LogP contribution in [0.15, 0.2) is 12.4 Å². The molecule has 0 radical (unpaired) electrons. The van der Waals surface area contributed by atoms with Crippen molar-refractivity contribution in [2.75, 3.05) is 16.0 Å². The Morgan fingerprint density at radius 3 is 1.77 bits per heavy atom. The Bertz CT molecular complexity index is 1350. The van der Waals surface area contributed by atoms with Crippen molar-refractivity contribution in [2.45, 2.75) is 117 Å². The van der Waals surface area contributed by atoms with E-state index in [-0.39, 0.29) is 52.3 Å². The van der Waals surface area contributed by atoms with E-state index in [1.165, 1.54) is 26.2 Å². The van der Waals surface area contributed by atoms with Crippen LogP contribution in [0, 0.1) is 11.8 Å². The summed E-state index contributed by atoms with van der Waals surface area (Å²) in [6, 6.07) is -0.00653. The number of nitrogens with two attached hydrogens (primary N) is 2. The van der Waals surface area contributed by atoms with Crippen LogP contribution in [0.3, 0.4) is 0 Å². The van der Waals surface area contributed by atoms with E-state index in [0.29, 0.717) is 24.6 Å². The van der Waals surface area contributed by atoms with Crippen LogP contribution in [0.25, 0.3) is 0 Å². The number of amides is 2. The van der Waals surface area contributed by atoms with Gasteiger partial charge in [0.15, 0.2) is 0 Å². The highest BCUT2D eigenvalue weighted by molar-refractivity contribution is 6.28. The molecule has 9 N–H and O–H groups in total. The van der Waals surface area contributed by atoms with Crippen LogP contribution in [0.2, 0.25) is 5.28 Å². The summed E-state index contributed by atoms with van der Waals surface area (Å²) in [5, 5.41) is 29.1. The summed E-state index contributed by atoms with van der Waals surface area (Å²) >= 11 is 5.73. The van der Waals surface area contributed by atoms with Gasteiger partial charge in [-0.1, -0.05) is 27.7 Å². The van der Waals surface area contributed by atoms with E-state index < -0.39 is 30.3 Å². The standard InChI is InChI=1S/C16H27N5O2.C12H17ClN4O2.C2H6/c1-9-5-6-10(7-12(9)22)19-14-11(13(17)23)8-18-15(20-14)21-16(2,3)4;1-6-2-3-7(4-9(6)18)16-11-8(10(14)19)5-15-12(13)17-11;1-2/h8-10,12,22H,5-7H2,1-4H3,(H2,17,23)(H2,18,19,20,21);5-7,9,18H,2-4H2,1H3,(H2,14,19)(H,15,16,17);1-2H3/t9-,10-,12-;6-,7-,9-;/m11./s1/i2D3;;. The van der Waals surface area contributed by atoms with Crippen LogP contribution in [0.4, 0.5) is 17.6 Å². The second-order valence-electron chi connectivity index (χ2n) is 11.7. The zero-order valence-electron chi connectivity index (χ0n) is 29.4. The summed E-state index contributed by atoms with van der Waals surface area (Å²) in [6.07, 6.45) is 6.46. The SMILES string of the molecule is CC.C[C@@H]1CC[C@@H](Nc2nc(Cl)ncc2C(N)=O)C[C@H]1O.[2H]C([2H])([2H])C(C)(C)Nc1ncc(C(N)=O)c(N[C@@H]2CC[C@@H](C)[C@H](O)C2)n1. The Morgan fingerprint density at radius 1 is 0.886 bits per heavy atom. The van der Waals surface area contributed by atoms with Crippen molar-refractivity contribution in [3.05, 3.63) is 28.8 Å². The number of rotatable bonds is 7. The lowest BCUT2D eigenvalue weighted by Gasteiger charge is -2.32. The molecule has 0 unspecified atom stereocenters. The third-order valence-corrected chi connectivity index (χ3v) is 7.67. The molecule has 2 heterocycles. The van der Waals surface area contributed by atoms with Gasteiger partial charge in [-0.15, -0.1) is 0 Å². The van der Waals surface area contributed by atoms with Gasteiger partial charge in [0.05, 0.1) is 23.3 Å². The molecule has 2 aromatic rings. The average Bonchev–Trinajstić information content (AvgIpc) is 2.97. The maximum absolute atomic E-state index is 11.7. The fourth-order valence-corrected chi connectivity index (χ4v) is 5.04. The maximum atomic E-state index is 11.7. The van der Waals surface area contributed by atoms with Gasteiger partial charge in [-0.25, -0.2) is 9.97 Å². The summed E-state index contributed by atoms with van der Waals surface area (Å²) in [5.41, 5.74) is 9.74. The van der Waals surface area contributed by atoms with E-state index in [4.69, 9.17) is 27.2 Å². The molecular weight excluding hydrogens is 586 g/mol. The molecule has 4 rings (SSSR count). The van der Waals surface area contributed by atoms with Crippen molar-refractivity contribution in [3.8, 4) is 0 Å². The number of aliphatic hydroxyl groups is 2. The van der Waals surface area contributed by atoms with E-state index in [9.17, 15) is 19.8 Å². The van der Waals surface area contributed by atoms with Gasteiger partial charge in [0.25, 0.3) is 11.8 Å². The van der Waals surface area contributed by atoms with Gasteiger partial charge in [-0.2, -0.15) is 9.97 Å². The summed E-state index contributed by atoms with van der Waals surface area (Å²) < 4.78 is 22.8. The first-order chi connectivity index (χ1) is 21.9. The third-order valence-electron chi connectivity index (χ3n) is 7.49. The molecule has 2 saturated carbocycles. The number of carbonyl (C=O) groups excluding carboxylic acids is 2. The Hall–Kier alpha value is -3.29. The fourth-order valence-electron chi connectivity index (χ4n) is 4.91. The second-order valence-corrected chi connectivity index (χ2v) is 12.1. The number of anilines is 3. The Kier molecular flexibility index (Phi) is 12.2. The number of carbonyl (C=O) groups is 2. The summed E-state index contributed by atoms with van der Waals surface area (Å²) in [7, 11) is 0. The molecule has 246 valence electrons. The van der Waals surface area contributed by atoms with Gasteiger partial charge in [0.1, 0.15) is 11.6 Å². The zero-order valence-corrected chi connectivity index (χ0v) is 27.1. The molecule has 0 aliphatic heterocycles. The number of nitrogens with one attached hydrogen (secondary N) is 3. The lowest BCUT2D eigenvalue weighted by Crippen LogP contribution is -2.36. The normalized spacial score (nSPS) is 26.2. The molecule has 2 aliphatic carbocycles.